The van der Waals surface area contributed by atoms with Crippen molar-refractivity contribution in [1.29, 1.82) is 0 Å². The predicted octanol–water partition coefficient (Wildman–Crippen LogP) is 3.72. The minimum atomic E-state index is 0.0758. The molecule has 1 aromatic carbocycles. The molecule has 0 spiro atoms. The van der Waals surface area contributed by atoms with Crippen molar-refractivity contribution in [2.24, 2.45) is 11.7 Å². The van der Waals surface area contributed by atoms with Gasteiger partial charge in [-0.05, 0) is 43.5 Å². The van der Waals surface area contributed by atoms with Crippen molar-refractivity contribution in [2.45, 2.75) is 45.6 Å². The summed E-state index contributed by atoms with van der Waals surface area (Å²) < 4.78 is 6.15. The molecule has 0 fully saturated rings. The molecule has 4 heteroatoms. The van der Waals surface area contributed by atoms with E-state index >= 15 is 0 Å². The van der Waals surface area contributed by atoms with Gasteiger partial charge in [-0.25, -0.2) is 0 Å². The third-order valence-electron chi connectivity index (χ3n) is 3.46. The van der Waals surface area contributed by atoms with Gasteiger partial charge < -0.3 is 10.5 Å². The monoisotopic (exact) mass is 341 g/mol. The number of Topliss-reactive ketones (excluding diaryl/α,β-unsaturated/α-hetero) is 1. The van der Waals surface area contributed by atoms with Crippen LogP contribution in [0.1, 0.15) is 38.7 Å². The summed E-state index contributed by atoms with van der Waals surface area (Å²) in [6.45, 7) is 4.00. The zero-order valence-electron chi connectivity index (χ0n) is 12.5. The van der Waals surface area contributed by atoms with Crippen LogP contribution in [0.3, 0.4) is 0 Å². The minimum Gasteiger partial charge on any atom is -0.497 e. The van der Waals surface area contributed by atoms with Crippen LogP contribution in [-0.2, 0) is 11.2 Å². The van der Waals surface area contributed by atoms with Gasteiger partial charge in [0, 0.05) is 22.9 Å². The number of rotatable bonds is 8. The highest BCUT2D eigenvalue weighted by Crippen LogP contribution is 2.24. The quantitative estimate of drug-likeness (QED) is 0.783. The molecule has 3 nitrogen and oxygen atoms in total. The van der Waals surface area contributed by atoms with Crippen LogP contribution in [0.15, 0.2) is 22.7 Å². The summed E-state index contributed by atoms with van der Waals surface area (Å²) in [5, 5.41) is 0. The van der Waals surface area contributed by atoms with Crippen LogP contribution in [0.2, 0.25) is 0 Å². The zero-order chi connectivity index (χ0) is 15.1. The molecule has 0 aliphatic heterocycles. The molecule has 2 N–H and O–H groups in total. The van der Waals surface area contributed by atoms with Gasteiger partial charge in [-0.1, -0.05) is 29.3 Å². The van der Waals surface area contributed by atoms with Crippen molar-refractivity contribution in [3.63, 3.8) is 0 Å². The average molecular weight is 342 g/mol. The summed E-state index contributed by atoms with van der Waals surface area (Å²) >= 11 is 3.48. The molecule has 0 saturated carbocycles. The van der Waals surface area contributed by atoms with E-state index in [0.29, 0.717) is 6.42 Å². The van der Waals surface area contributed by atoms with Crippen LogP contribution in [0.4, 0.5) is 0 Å². The summed E-state index contributed by atoms with van der Waals surface area (Å²) in [6, 6.07) is 5.92. The van der Waals surface area contributed by atoms with E-state index in [9.17, 15) is 4.79 Å². The highest BCUT2D eigenvalue weighted by atomic mass is 79.9. The molecule has 0 radical (unpaired) electrons. The molecule has 0 saturated heterocycles. The lowest BCUT2D eigenvalue weighted by atomic mass is 9.94. The van der Waals surface area contributed by atoms with Crippen molar-refractivity contribution in [3.8, 4) is 5.75 Å². The van der Waals surface area contributed by atoms with E-state index in [1.165, 1.54) is 0 Å². The second-order valence-corrected chi connectivity index (χ2v) is 6.26. The Bertz CT molecular complexity index is 446. The van der Waals surface area contributed by atoms with Crippen LogP contribution in [0.5, 0.6) is 5.75 Å². The van der Waals surface area contributed by atoms with E-state index in [1.807, 2.05) is 32.0 Å². The Hall–Kier alpha value is -0.870. The van der Waals surface area contributed by atoms with E-state index in [2.05, 4.69) is 15.9 Å². The molecule has 0 aliphatic rings. The fourth-order valence-electron chi connectivity index (χ4n) is 2.08. The Labute approximate surface area is 130 Å². The van der Waals surface area contributed by atoms with Crippen LogP contribution in [-0.4, -0.2) is 18.9 Å². The first-order chi connectivity index (χ1) is 9.43. The molecular weight excluding hydrogens is 318 g/mol. The zero-order valence-corrected chi connectivity index (χ0v) is 14.1. The van der Waals surface area contributed by atoms with Crippen LogP contribution < -0.4 is 10.5 Å². The van der Waals surface area contributed by atoms with Gasteiger partial charge in [-0.15, -0.1) is 0 Å². The number of hydrogen-bond acceptors (Lipinski definition) is 3. The summed E-state index contributed by atoms with van der Waals surface area (Å²) in [5.74, 6) is 1.12. The maximum atomic E-state index is 12.2. The number of carbonyl (C=O) groups is 1. The smallest absolute Gasteiger partial charge is 0.140 e. The van der Waals surface area contributed by atoms with E-state index in [0.717, 1.165) is 35.0 Å². The lowest BCUT2D eigenvalue weighted by Gasteiger charge is -2.13. The minimum absolute atomic E-state index is 0.0758. The van der Waals surface area contributed by atoms with Crippen molar-refractivity contribution in [3.05, 3.63) is 28.2 Å². The van der Waals surface area contributed by atoms with Crippen molar-refractivity contribution in [2.75, 3.05) is 7.11 Å². The Kier molecular flexibility index (Phi) is 7.24. The fourth-order valence-corrected chi connectivity index (χ4v) is 2.47. The largest absolute Gasteiger partial charge is 0.497 e. The molecule has 2 unspecified atom stereocenters. The van der Waals surface area contributed by atoms with E-state index in [1.54, 1.807) is 7.11 Å². The van der Waals surface area contributed by atoms with Crippen molar-refractivity contribution < 1.29 is 9.53 Å². The van der Waals surface area contributed by atoms with Crippen molar-refractivity contribution >= 4 is 21.7 Å². The van der Waals surface area contributed by atoms with Gasteiger partial charge >= 0.3 is 0 Å². The molecule has 20 heavy (non-hydrogen) atoms. The maximum Gasteiger partial charge on any atom is 0.140 e. The topological polar surface area (TPSA) is 52.3 Å². The molecule has 1 aromatic rings. The van der Waals surface area contributed by atoms with Crippen LogP contribution >= 0.6 is 15.9 Å². The number of methoxy groups -OCH3 is 1. The summed E-state index contributed by atoms with van der Waals surface area (Å²) in [7, 11) is 1.63. The molecule has 112 valence electrons. The normalized spacial score (nSPS) is 13.8. The van der Waals surface area contributed by atoms with Gasteiger partial charge in [0.2, 0.25) is 0 Å². The first-order valence-electron chi connectivity index (χ1n) is 7.04. The summed E-state index contributed by atoms with van der Waals surface area (Å²) in [4.78, 5) is 12.2. The Balaban J connectivity index is 2.56. The van der Waals surface area contributed by atoms with E-state index in [4.69, 9.17) is 10.5 Å². The molecule has 0 bridgehead atoms. The lowest BCUT2D eigenvalue weighted by Crippen LogP contribution is -2.17. The maximum absolute atomic E-state index is 12.2. The number of halogens is 1. The third-order valence-corrected chi connectivity index (χ3v) is 4.24. The van der Waals surface area contributed by atoms with E-state index in [-0.39, 0.29) is 17.7 Å². The average Bonchev–Trinajstić information content (AvgIpc) is 2.40. The highest BCUT2D eigenvalue weighted by molar-refractivity contribution is 9.10. The van der Waals surface area contributed by atoms with Crippen LogP contribution in [0.25, 0.3) is 0 Å². The third kappa shape index (κ3) is 5.63. The molecule has 1 rings (SSSR count). The SMILES string of the molecule is COc1ccc(Br)c(CC(=O)C(C)CCCC(C)N)c1. The van der Waals surface area contributed by atoms with Crippen LogP contribution in [0, 0.1) is 5.92 Å². The van der Waals surface area contributed by atoms with Gasteiger partial charge in [0.25, 0.3) is 0 Å². The number of nitrogens with two attached hydrogens (primary N) is 1. The molecule has 0 aliphatic carbocycles. The Morgan fingerprint density at radius 3 is 2.65 bits per heavy atom. The summed E-state index contributed by atoms with van der Waals surface area (Å²) in [5.41, 5.74) is 6.71. The van der Waals surface area contributed by atoms with Gasteiger partial charge in [-0.2, -0.15) is 0 Å². The van der Waals surface area contributed by atoms with Gasteiger partial charge in [0.1, 0.15) is 11.5 Å². The number of ketones is 1. The Morgan fingerprint density at radius 2 is 2.05 bits per heavy atom. The molecule has 0 heterocycles. The number of ether oxygens (including phenoxy) is 1. The second kappa shape index (κ2) is 8.42. The molecule has 2 atom stereocenters. The number of benzene rings is 1. The number of carbonyl (C=O) groups excluding carboxylic acids is 1. The number of hydrogen-bond donors (Lipinski definition) is 1. The summed E-state index contributed by atoms with van der Waals surface area (Å²) in [6.07, 6.45) is 3.32. The lowest BCUT2D eigenvalue weighted by molar-refractivity contribution is -0.121. The van der Waals surface area contributed by atoms with Gasteiger partial charge in [-0.3, -0.25) is 4.79 Å². The molecule has 0 aromatic heterocycles. The Morgan fingerprint density at radius 1 is 1.35 bits per heavy atom. The van der Waals surface area contributed by atoms with Crippen molar-refractivity contribution in [1.82, 2.24) is 0 Å². The van der Waals surface area contributed by atoms with E-state index < -0.39 is 0 Å². The first kappa shape index (κ1) is 17.2. The standard InChI is InChI=1S/C16H24BrNO2/c1-11(5-4-6-12(2)18)16(19)10-13-9-14(20-3)7-8-15(13)17/h7-9,11-12H,4-6,10,18H2,1-3H3. The fraction of sp³-hybridized carbons (Fsp3) is 0.562. The molecular formula is C16H24BrNO2. The van der Waals surface area contributed by atoms with Gasteiger partial charge in [0.15, 0.2) is 0 Å². The molecule has 0 amide bonds. The highest BCUT2D eigenvalue weighted by Gasteiger charge is 2.15. The second-order valence-electron chi connectivity index (χ2n) is 5.41. The van der Waals surface area contributed by atoms with Gasteiger partial charge in [0.05, 0.1) is 7.11 Å². The predicted molar refractivity (Wildman–Crippen MR) is 86.1 cm³/mol. The first-order valence-corrected chi connectivity index (χ1v) is 7.84.